The fraction of sp³-hybridized carbons (Fsp3) is 0.375. The Bertz CT molecular complexity index is 1600. The number of nitrogens with one attached hydrogen (secondary N) is 1. The summed E-state index contributed by atoms with van der Waals surface area (Å²) >= 11 is 12.4. The monoisotopic (exact) mass is 683 g/mol. The second-order valence-electron chi connectivity index (χ2n) is 11.1. The highest BCUT2D eigenvalue weighted by atomic mass is 35.5. The first-order chi connectivity index (χ1) is 21.2. The van der Waals surface area contributed by atoms with Crippen molar-refractivity contribution >= 4 is 50.7 Å². The molecule has 1 aliphatic rings. The van der Waals surface area contributed by atoms with Gasteiger partial charge in [-0.25, -0.2) is 8.42 Å². The molecular formula is C32H34Cl2F3N3O4S. The van der Waals surface area contributed by atoms with Gasteiger partial charge in [0.05, 0.1) is 27.6 Å². The first kappa shape index (κ1) is 34.6. The van der Waals surface area contributed by atoms with Crippen LogP contribution in [0.4, 0.5) is 18.9 Å². The van der Waals surface area contributed by atoms with Gasteiger partial charge in [0.1, 0.15) is 12.6 Å². The Morgan fingerprint density at radius 2 is 1.60 bits per heavy atom. The third-order valence-corrected chi connectivity index (χ3v) is 9.58. The summed E-state index contributed by atoms with van der Waals surface area (Å²) in [7, 11) is -4.24. The Balaban J connectivity index is 1.75. The van der Waals surface area contributed by atoms with Crippen LogP contribution in [0.15, 0.2) is 72.8 Å². The Kier molecular flexibility index (Phi) is 11.4. The summed E-state index contributed by atoms with van der Waals surface area (Å²) in [5.74, 6) is -1.20. The number of hydrogen-bond donors (Lipinski definition) is 1. The molecule has 3 aromatic rings. The number of carbonyl (C=O) groups is 2. The van der Waals surface area contributed by atoms with Crippen molar-refractivity contribution in [3.63, 3.8) is 0 Å². The van der Waals surface area contributed by atoms with Gasteiger partial charge in [0.15, 0.2) is 0 Å². The van der Waals surface area contributed by atoms with Crippen molar-refractivity contribution in [3.05, 3.63) is 99.5 Å². The molecule has 0 aliphatic heterocycles. The normalized spacial score (nSPS) is 14.9. The van der Waals surface area contributed by atoms with Crippen LogP contribution in [0.5, 0.6) is 0 Å². The molecule has 4 rings (SSSR count). The maximum absolute atomic E-state index is 14.2. The van der Waals surface area contributed by atoms with Gasteiger partial charge >= 0.3 is 6.18 Å². The van der Waals surface area contributed by atoms with E-state index in [2.05, 4.69) is 5.32 Å². The van der Waals surface area contributed by atoms with E-state index in [0.717, 1.165) is 56.1 Å². The molecule has 13 heteroatoms. The average Bonchev–Trinajstić information content (AvgIpc) is 2.99. The zero-order chi connectivity index (χ0) is 32.8. The van der Waals surface area contributed by atoms with Crippen LogP contribution in [0, 0.1) is 0 Å². The molecule has 0 unspecified atom stereocenters. The molecule has 242 valence electrons. The molecule has 0 aromatic heterocycles. The summed E-state index contributed by atoms with van der Waals surface area (Å²) in [6, 6.07) is 16.4. The number of nitrogens with zero attached hydrogens (tertiary/aromatic N) is 2. The molecule has 1 N–H and O–H groups in total. The van der Waals surface area contributed by atoms with Crippen LogP contribution < -0.4 is 9.62 Å². The Morgan fingerprint density at radius 3 is 2.22 bits per heavy atom. The number of alkyl halides is 3. The molecule has 0 heterocycles. The maximum Gasteiger partial charge on any atom is 0.416 e. The molecule has 1 saturated carbocycles. The lowest BCUT2D eigenvalue weighted by molar-refractivity contribution is -0.140. The van der Waals surface area contributed by atoms with Crippen LogP contribution in [0.1, 0.15) is 48.8 Å². The van der Waals surface area contributed by atoms with Crippen LogP contribution >= 0.6 is 23.2 Å². The number of sulfonamides is 1. The summed E-state index contributed by atoms with van der Waals surface area (Å²) in [5.41, 5.74) is -0.124. The standard InChI is InChI=1S/C32H34Cl2F3N3O4S/c1-45(43,44)40(26-14-8-11-24(19-26)32(35,36)37)21-30(41)39(20-23-15-16-27(33)28(34)17-23)29(18-22-9-4-2-5-10-22)31(42)38-25-12-6-3-7-13-25/h2,4-5,8-11,14-17,19,25,29H,3,6-7,12-13,18,20-21H2,1H3,(H,38,42)/t29-/m0/s1. The summed E-state index contributed by atoms with van der Waals surface area (Å²) in [4.78, 5) is 29.4. The molecule has 45 heavy (non-hydrogen) atoms. The van der Waals surface area contributed by atoms with E-state index >= 15 is 0 Å². The molecule has 1 aliphatic carbocycles. The van der Waals surface area contributed by atoms with Crippen molar-refractivity contribution in [1.82, 2.24) is 10.2 Å². The number of rotatable bonds is 11. The number of amides is 2. The highest BCUT2D eigenvalue weighted by molar-refractivity contribution is 7.92. The van der Waals surface area contributed by atoms with E-state index in [1.807, 2.05) is 18.2 Å². The third kappa shape index (κ3) is 9.61. The van der Waals surface area contributed by atoms with Gasteiger partial charge in [0, 0.05) is 19.0 Å². The molecule has 7 nitrogen and oxygen atoms in total. The molecule has 0 radical (unpaired) electrons. The molecule has 0 bridgehead atoms. The summed E-state index contributed by atoms with van der Waals surface area (Å²) in [6.45, 7) is -0.991. The summed E-state index contributed by atoms with van der Waals surface area (Å²) in [5, 5.41) is 3.58. The van der Waals surface area contributed by atoms with E-state index in [0.29, 0.717) is 15.9 Å². The van der Waals surface area contributed by atoms with E-state index in [1.54, 1.807) is 30.3 Å². The van der Waals surface area contributed by atoms with Gasteiger partial charge < -0.3 is 10.2 Å². The minimum atomic E-state index is -4.74. The highest BCUT2D eigenvalue weighted by Crippen LogP contribution is 2.32. The van der Waals surface area contributed by atoms with Crippen LogP contribution in [0.2, 0.25) is 10.0 Å². The number of benzene rings is 3. The number of carbonyl (C=O) groups excluding carboxylic acids is 2. The van der Waals surface area contributed by atoms with Crippen molar-refractivity contribution in [3.8, 4) is 0 Å². The summed E-state index contributed by atoms with van der Waals surface area (Å²) in [6.07, 6.45) is 0.751. The van der Waals surface area contributed by atoms with Gasteiger partial charge in [-0.2, -0.15) is 13.2 Å². The molecule has 0 spiro atoms. The Hall–Kier alpha value is -3.28. The van der Waals surface area contributed by atoms with Crippen molar-refractivity contribution < 1.29 is 31.2 Å². The SMILES string of the molecule is CS(=O)(=O)N(CC(=O)N(Cc1ccc(Cl)c(Cl)c1)[C@@H](Cc1ccccc1)C(=O)NC1CCCCC1)c1cccc(C(F)(F)F)c1. The van der Waals surface area contributed by atoms with Gasteiger partial charge in [-0.3, -0.25) is 13.9 Å². The fourth-order valence-electron chi connectivity index (χ4n) is 5.38. The second kappa shape index (κ2) is 14.9. The number of hydrogen-bond acceptors (Lipinski definition) is 4. The van der Waals surface area contributed by atoms with E-state index in [-0.39, 0.29) is 34.7 Å². The van der Waals surface area contributed by atoms with E-state index in [1.165, 1.54) is 11.0 Å². The van der Waals surface area contributed by atoms with Gasteiger partial charge in [-0.15, -0.1) is 0 Å². The van der Waals surface area contributed by atoms with Crippen molar-refractivity contribution in [1.29, 1.82) is 0 Å². The van der Waals surface area contributed by atoms with Gasteiger partial charge in [0.25, 0.3) is 0 Å². The molecule has 1 fully saturated rings. The number of anilines is 1. The molecule has 2 amide bonds. The Labute approximate surface area is 271 Å². The average molecular weight is 685 g/mol. The topological polar surface area (TPSA) is 86.8 Å². The lowest BCUT2D eigenvalue weighted by Gasteiger charge is -2.35. The first-order valence-electron chi connectivity index (χ1n) is 14.4. The van der Waals surface area contributed by atoms with Crippen LogP contribution in [0.25, 0.3) is 0 Å². The van der Waals surface area contributed by atoms with E-state index in [9.17, 15) is 31.2 Å². The largest absolute Gasteiger partial charge is 0.416 e. The Morgan fingerprint density at radius 1 is 0.911 bits per heavy atom. The smallest absolute Gasteiger partial charge is 0.352 e. The predicted octanol–water partition coefficient (Wildman–Crippen LogP) is 6.87. The number of halogens is 5. The molecule has 1 atom stereocenters. The zero-order valence-electron chi connectivity index (χ0n) is 24.6. The van der Waals surface area contributed by atoms with Crippen LogP contribution in [-0.2, 0) is 38.8 Å². The highest BCUT2D eigenvalue weighted by Gasteiger charge is 2.35. The minimum absolute atomic E-state index is 0.0796. The molecular weight excluding hydrogens is 650 g/mol. The van der Waals surface area contributed by atoms with Gasteiger partial charge in [0.2, 0.25) is 21.8 Å². The van der Waals surface area contributed by atoms with Gasteiger partial charge in [-0.05, 0) is 54.3 Å². The molecule has 3 aromatic carbocycles. The lowest BCUT2D eigenvalue weighted by atomic mass is 9.94. The third-order valence-electron chi connectivity index (χ3n) is 7.70. The quantitative estimate of drug-likeness (QED) is 0.239. The zero-order valence-corrected chi connectivity index (χ0v) is 26.9. The van der Waals surface area contributed by atoms with Crippen LogP contribution in [0.3, 0.4) is 0 Å². The van der Waals surface area contributed by atoms with Crippen LogP contribution in [-0.4, -0.2) is 50.0 Å². The predicted molar refractivity (Wildman–Crippen MR) is 170 cm³/mol. The minimum Gasteiger partial charge on any atom is -0.352 e. The lowest BCUT2D eigenvalue weighted by Crippen LogP contribution is -2.55. The van der Waals surface area contributed by atoms with Crippen molar-refractivity contribution in [2.45, 2.75) is 63.3 Å². The van der Waals surface area contributed by atoms with E-state index < -0.39 is 46.2 Å². The van der Waals surface area contributed by atoms with Crippen molar-refractivity contribution in [2.75, 3.05) is 17.1 Å². The second-order valence-corrected chi connectivity index (χ2v) is 13.9. The van der Waals surface area contributed by atoms with Crippen molar-refractivity contribution in [2.24, 2.45) is 0 Å². The molecule has 0 saturated heterocycles. The van der Waals surface area contributed by atoms with Gasteiger partial charge in [-0.1, -0.05) is 84.9 Å². The maximum atomic E-state index is 14.2. The fourth-order valence-corrected chi connectivity index (χ4v) is 6.55. The first-order valence-corrected chi connectivity index (χ1v) is 17.1. The van der Waals surface area contributed by atoms with E-state index in [4.69, 9.17) is 23.2 Å². The summed E-state index contributed by atoms with van der Waals surface area (Å²) < 4.78 is 67.0.